The third-order valence-electron chi connectivity index (χ3n) is 4.35. The highest BCUT2D eigenvalue weighted by atomic mass is 35.5. The van der Waals surface area contributed by atoms with Crippen LogP contribution >= 0.6 is 24.8 Å². The number of nitrogens with zero attached hydrogens (tertiary/aromatic N) is 3. The van der Waals surface area contributed by atoms with E-state index in [0.717, 1.165) is 19.5 Å². The Morgan fingerprint density at radius 1 is 1.14 bits per heavy atom. The lowest BCUT2D eigenvalue weighted by Crippen LogP contribution is -2.41. The Balaban J connectivity index is 0.00000121. The number of rotatable bonds is 2. The first-order valence-corrected chi connectivity index (χ1v) is 7.50. The summed E-state index contributed by atoms with van der Waals surface area (Å²) >= 11 is 0. The van der Waals surface area contributed by atoms with Crippen LogP contribution in [0.3, 0.4) is 0 Å². The van der Waals surface area contributed by atoms with E-state index in [1.165, 1.54) is 32.4 Å². The summed E-state index contributed by atoms with van der Waals surface area (Å²) in [7, 11) is 0. The number of aromatic nitrogens is 1. The molecule has 1 aromatic heterocycles. The average Bonchev–Trinajstić information content (AvgIpc) is 2.97. The summed E-state index contributed by atoms with van der Waals surface area (Å²) in [6.07, 6.45) is 5.01. The van der Waals surface area contributed by atoms with Crippen LogP contribution in [0.15, 0.2) is 18.2 Å². The highest BCUT2D eigenvalue weighted by molar-refractivity contribution is 5.92. The van der Waals surface area contributed by atoms with Crippen molar-refractivity contribution < 1.29 is 4.79 Å². The monoisotopic (exact) mass is 346 g/mol. The summed E-state index contributed by atoms with van der Waals surface area (Å²) in [5.41, 5.74) is 6.11. The summed E-state index contributed by atoms with van der Waals surface area (Å²) in [6, 6.07) is 5.76. The molecule has 2 saturated heterocycles. The molecule has 3 heterocycles. The quantitative estimate of drug-likeness (QED) is 0.891. The van der Waals surface area contributed by atoms with E-state index >= 15 is 0 Å². The molecule has 7 heteroatoms. The van der Waals surface area contributed by atoms with Gasteiger partial charge in [-0.3, -0.25) is 9.69 Å². The molecule has 0 aliphatic carbocycles. The van der Waals surface area contributed by atoms with Gasteiger partial charge in [-0.2, -0.15) is 0 Å². The van der Waals surface area contributed by atoms with Gasteiger partial charge in [0.25, 0.3) is 5.91 Å². The molecular formula is C15H24Cl2N4O. The van der Waals surface area contributed by atoms with Gasteiger partial charge in [-0.1, -0.05) is 12.5 Å². The fourth-order valence-electron chi connectivity index (χ4n) is 3.24. The third kappa shape index (κ3) is 4.24. The number of carbonyl (C=O) groups is 1. The molecule has 0 bridgehead atoms. The number of hydrogen-bond donors (Lipinski definition) is 1. The largest absolute Gasteiger partial charge is 0.384 e. The van der Waals surface area contributed by atoms with Gasteiger partial charge in [-0.15, -0.1) is 24.8 Å². The fourth-order valence-corrected chi connectivity index (χ4v) is 3.24. The Morgan fingerprint density at radius 3 is 2.55 bits per heavy atom. The fraction of sp³-hybridized carbons (Fsp3) is 0.600. The Bertz CT molecular complexity index is 494. The van der Waals surface area contributed by atoms with Crippen LogP contribution in [0, 0.1) is 0 Å². The van der Waals surface area contributed by atoms with Crippen molar-refractivity contribution in [3.63, 3.8) is 0 Å². The molecular weight excluding hydrogens is 323 g/mol. The Hall–Kier alpha value is -1.04. The maximum atomic E-state index is 12.4. The normalized spacial score (nSPS) is 21.8. The first-order chi connectivity index (χ1) is 9.74. The molecule has 0 aromatic carbocycles. The van der Waals surface area contributed by atoms with Gasteiger partial charge in [0, 0.05) is 19.1 Å². The predicted octanol–water partition coefficient (Wildman–Crippen LogP) is 2.21. The second-order valence-corrected chi connectivity index (χ2v) is 5.74. The van der Waals surface area contributed by atoms with Crippen LogP contribution in [0.2, 0.25) is 0 Å². The molecule has 3 rings (SSSR count). The van der Waals surface area contributed by atoms with E-state index in [4.69, 9.17) is 5.73 Å². The lowest BCUT2D eigenvalue weighted by molar-refractivity contribution is 0.0766. The molecule has 5 nitrogen and oxygen atoms in total. The molecule has 124 valence electrons. The zero-order valence-corrected chi connectivity index (χ0v) is 14.2. The molecule has 1 unspecified atom stereocenters. The number of carbonyl (C=O) groups excluding carboxylic acids is 1. The maximum absolute atomic E-state index is 12.4. The molecule has 1 aromatic rings. The number of likely N-dealkylation sites (tertiary alicyclic amines) is 2. The molecule has 0 radical (unpaired) electrons. The third-order valence-corrected chi connectivity index (χ3v) is 4.35. The molecule has 2 aliphatic rings. The highest BCUT2D eigenvalue weighted by Crippen LogP contribution is 2.21. The van der Waals surface area contributed by atoms with Crippen LogP contribution in [0.1, 0.15) is 36.2 Å². The van der Waals surface area contributed by atoms with Crippen molar-refractivity contribution in [1.82, 2.24) is 14.8 Å². The van der Waals surface area contributed by atoms with Crippen LogP contribution in [-0.2, 0) is 0 Å². The number of amides is 1. The van der Waals surface area contributed by atoms with Crippen molar-refractivity contribution in [2.24, 2.45) is 0 Å². The van der Waals surface area contributed by atoms with Crippen molar-refractivity contribution in [3.05, 3.63) is 23.9 Å². The van der Waals surface area contributed by atoms with Gasteiger partial charge >= 0.3 is 0 Å². The van der Waals surface area contributed by atoms with Gasteiger partial charge in [0.15, 0.2) is 0 Å². The van der Waals surface area contributed by atoms with E-state index in [1.54, 1.807) is 18.2 Å². The van der Waals surface area contributed by atoms with Gasteiger partial charge < -0.3 is 10.6 Å². The van der Waals surface area contributed by atoms with Crippen LogP contribution < -0.4 is 5.73 Å². The number of nitrogen functional groups attached to an aromatic ring is 1. The Labute approximate surface area is 144 Å². The lowest BCUT2D eigenvalue weighted by Gasteiger charge is -2.32. The standard InChI is InChI=1S/C15H22N4O.2ClH/c16-14-6-4-5-13(17-14)15(20)19-10-7-12(11-19)18-8-2-1-3-9-18;;/h4-6,12H,1-3,7-11H2,(H2,16,17);2*1H. The molecule has 2 aliphatic heterocycles. The molecule has 0 saturated carbocycles. The van der Waals surface area contributed by atoms with E-state index in [9.17, 15) is 4.79 Å². The predicted molar refractivity (Wildman–Crippen MR) is 92.9 cm³/mol. The maximum Gasteiger partial charge on any atom is 0.272 e. The van der Waals surface area contributed by atoms with E-state index in [0.29, 0.717) is 17.6 Å². The van der Waals surface area contributed by atoms with Crippen LogP contribution in [0.25, 0.3) is 0 Å². The number of pyridine rings is 1. The second-order valence-electron chi connectivity index (χ2n) is 5.74. The summed E-state index contributed by atoms with van der Waals surface area (Å²) in [5.74, 6) is 0.416. The van der Waals surface area contributed by atoms with E-state index in [-0.39, 0.29) is 30.7 Å². The molecule has 2 N–H and O–H groups in total. The van der Waals surface area contributed by atoms with Crippen molar-refractivity contribution in [2.45, 2.75) is 31.7 Å². The minimum Gasteiger partial charge on any atom is -0.384 e. The smallest absolute Gasteiger partial charge is 0.272 e. The zero-order chi connectivity index (χ0) is 13.9. The summed E-state index contributed by atoms with van der Waals surface area (Å²) in [4.78, 5) is 21.0. The summed E-state index contributed by atoms with van der Waals surface area (Å²) in [6.45, 7) is 4.03. The SMILES string of the molecule is Cl.Cl.Nc1cccc(C(=O)N2CCC(N3CCCCC3)C2)n1. The number of anilines is 1. The number of hydrogen-bond acceptors (Lipinski definition) is 4. The Kier molecular flexibility index (Phi) is 7.39. The van der Waals surface area contributed by atoms with E-state index < -0.39 is 0 Å². The van der Waals surface area contributed by atoms with Crippen LogP contribution in [0.4, 0.5) is 5.82 Å². The first-order valence-electron chi connectivity index (χ1n) is 7.50. The lowest BCUT2D eigenvalue weighted by atomic mass is 10.1. The highest BCUT2D eigenvalue weighted by Gasteiger charge is 2.31. The zero-order valence-electron chi connectivity index (χ0n) is 12.6. The average molecular weight is 347 g/mol. The van der Waals surface area contributed by atoms with Crippen LogP contribution in [0.5, 0.6) is 0 Å². The van der Waals surface area contributed by atoms with Gasteiger partial charge in [0.1, 0.15) is 11.5 Å². The topological polar surface area (TPSA) is 62.5 Å². The molecule has 22 heavy (non-hydrogen) atoms. The summed E-state index contributed by atoms with van der Waals surface area (Å²) < 4.78 is 0. The van der Waals surface area contributed by atoms with E-state index in [1.807, 2.05) is 4.90 Å². The first kappa shape index (κ1) is 19.0. The van der Waals surface area contributed by atoms with Crippen molar-refractivity contribution in [2.75, 3.05) is 31.9 Å². The number of piperidine rings is 1. The van der Waals surface area contributed by atoms with Crippen molar-refractivity contribution >= 4 is 36.5 Å². The molecule has 0 spiro atoms. The molecule has 1 atom stereocenters. The van der Waals surface area contributed by atoms with Gasteiger partial charge in [-0.05, 0) is 44.5 Å². The second kappa shape index (κ2) is 8.56. The van der Waals surface area contributed by atoms with Gasteiger partial charge in [-0.25, -0.2) is 4.98 Å². The molecule has 1 amide bonds. The van der Waals surface area contributed by atoms with Gasteiger partial charge in [0.05, 0.1) is 0 Å². The Morgan fingerprint density at radius 2 is 1.86 bits per heavy atom. The summed E-state index contributed by atoms with van der Waals surface area (Å²) in [5, 5.41) is 0. The number of halogens is 2. The number of nitrogens with two attached hydrogens (primary N) is 1. The van der Waals surface area contributed by atoms with Crippen LogP contribution in [-0.4, -0.2) is 52.9 Å². The molecule has 2 fully saturated rings. The van der Waals surface area contributed by atoms with E-state index in [2.05, 4.69) is 9.88 Å². The minimum atomic E-state index is 0. The van der Waals surface area contributed by atoms with Gasteiger partial charge in [0.2, 0.25) is 0 Å². The van der Waals surface area contributed by atoms with Crippen molar-refractivity contribution in [1.29, 1.82) is 0 Å². The minimum absolute atomic E-state index is 0. The van der Waals surface area contributed by atoms with Crippen molar-refractivity contribution in [3.8, 4) is 0 Å².